The normalized spacial score (nSPS) is 31.2. The van der Waals surface area contributed by atoms with Gasteiger partial charge in [0.25, 0.3) is 0 Å². The number of likely N-dealkylation sites (N-methyl/N-ethyl adjacent to an activating group) is 1. The van der Waals surface area contributed by atoms with Crippen molar-refractivity contribution in [3.05, 3.63) is 0 Å². The molecule has 0 aromatic heterocycles. The van der Waals surface area contributed by atoms with E-state index in [4.69, 9.17) is 5.11 Å². The highest BCUT2D eigenvalue weighted by Crippen LogP contribution is 2.25. The smallest absolute Gasteiger partial charge is 0.395 e. The summed E-state index contributed by atoms with van der Waals surface area (Å²) >= 11 is 0. The van der Waals surface area contributed by atoms with Crippen LogP contribution in [-0.2, 0) is 4.74 Å². The highest BCUT2D eigenvalue weighted by atomic mass is 19.4. The van der Waals surface area contributed by atoms with Crippen molar-refractivity contribution in [2.24, 2.45) is 0 Å². The Balaban J connectivity index is 2.40. The zero-order valence-corrected chi connectivity index (χ0v) is 7.21. The average Bonchev–Trinajstić information content (AvgIpc) is 2.26. The molecule has 0 spiro atoms. The van der Waals surface area contributed by atoms with Crippen molar-refractivity contribution in [3.8, 4) is 0 Å². The van der Waals surface area contributed by atoms with E-state index in [0.29, 0.717) is 0 Å². The molecule has 0 bridgehead atoms. The molecule has 1 fully saturated rings. The largest absolute Gasteiger partial charge is 0.522 e. The van der Waals surface area contributed by atoms with Crippen molar-refractivity contribution in [1.82, 2.24) is 4.90 Å². The molecule has 1 saturated heterocycles. The first kappa shape index (κ1) is 10.7. The van der Waals surface area contributed by atoms with Gasteiger partial charge in [0, 0.05) is 12.6 Å². The molecule has 0 aromatic rings. The molecule has 6 heteroatoms. The maximum atomic E-state index is 11.8. The van der Waals surface area contributed by atoms with Crippen molar-refractivity contribution < 1.29 is 23.0 Å². The first-order chi connectivity index (χ1) is 5.92. The maximum Gasteiger partial charge on any atom is 0.522 e. The van der Waals surface area contributed by atoms with Crippen LogP contribution >= 0.6 is 0 Å². The molecule has 3 nitrogen and oxygen atoms in total. The number of likely N-dealkylation sites (tertiary alicyclic amines) is 1. The van der Waals surface area contributed by atoms with Gasteiger partial charge >= 0.3 is 6.36 Å². The van der Waals surface area contributed by atoms with E-state index in [1.165, 1.54) is 0 Å². The molecule has 1 rings (SSSR count). The first-order valence-corrected chi connectivity index (χ1v) is 3.98. The summed E-state index contributed by atoms with van der Waals surface area (Å²) in [4.78, 5) is 1.66. The number of alkyl halides is 3. The lowest BCUT2D eigenvalue weighted by atomic mass is 10.2. The summed E-state index contributed by atoms with van der Waals surface area (Å²) in [5, 5.41) is 8.77. The van der Waals surface area contributed by atoms with E-state index in [-0.39, 0.29) is 25.6 Å². The Morgan fingerprint density at radius 2 is 2.15 bits per heavy atom. The number of nitrogens with zero attached hydrogens (tertiary/aromatic N) is 1. The van der Waals surface area contributed by atoms with E-state index >= 15 is 0 Å². The maximum absolute atomic E-state index is 11.8. The molecule has 1 N–H and O–H groups in total. The molecule has 2 atom stereocenters. The van der Waals surface area contributed by atoms with Gasteiger partial charge < -0.3 is 5.11 Å². The predicted octanol–water partition coefficient (Wildman–Crippen LogP) is 0.588. The SMILES string of the molecule is CN1C[C@H](OC(F)(F)F)C[C@H]1CO. The molecule has 0 radical (unpaired) electrons. The van der Waals surface area contributed by atoms with Crippen LogP contribution in [0.3, 0.4) is 0 Å². The summed E-state index contributed by atoms with van der Waals surface area (Å²) in [5.41, 5.74) is 0. The Bertz CT molecular complexity index is 174. The van der Waals surface area contributed by atoms with Crippen molar-refractivity contribution in [2.75, 3.05) is 20.2 Å². The average molecular weight is 199 g/mol. The van der Waals surface area contributed by atoms with E-state index in [1.54, 1.807) is 11.9 Å². The van der Waals surface area contributed by atoms with Gasteiger partial charge in [0.2, 0.25) is 0 Å². The van der Waals surface area contributed by atoms with Crippen LogP contribution in [0.1, 0.15) is 6.42 Å². The molecular weight excluding hydrogens is 187 g/mol. The third-order valence-electron chi connectivity index (χ3n) is 2.16. The second kappa shape index (κ2) is 3.81. The zero-order valence-electron chi connectivity index (χ0n) is 7.21. The lowest BCUT2D eigenvalue weighted by Crippen LogP contribution is -2.28. The second-order valence-electron chi connectivity index (χ2n) is 3.20. The van der Waals surface area contributed by atoms with Crippen LogP contribution in [0.5, 0.6) is 0 Å². The van der Waals surface area contributed by atoms with Crippen molar-refractivity contribution in [3.63, 3.8) is 0 Å². The molecular formula is C7H12F3NO2. The molecule has 0 amide bonds. The number of aliphatic hydroxyl groups is 1. The van der Waals surface area contributed by atoms with E-state index in [2.05, 4.69) is 4.74 Å². The fourth-order valence-corrected chi connectivity index (χ4v) is 1.52. The Kier molecular flexibility index (Phi) is 3.15. The molecule has 0 saturated carbocycles. The van der Waals surface area contributed by atoms with Crippen LogP contribution in [0.4, 0.5) is 13.2 Å². The van der Waals surface area contributed by atoms with Gasteiger partial charge in [-0.2, -0.15) is 0 Å². The number of halogens is 3. The van der Waals surface area contributed by atoms with Crippen LogP contribution in [0.15, 0.2) is 0 Å². The molecule has 78 valence electrons. The topological polar surface area (TPSA) is 32.7 Å². The molecule has 1 heterocycles. The Morgan fingerprint density at radius 1 is 1.54 bits per heavy atom. The number of hydrogen-bond acceptors (Lipinski definition) is 3. The Labute approximate surface area is 74.1 Å². The molecule has 13 heavy (non-hydrogen) atoms. The van der Waals surface area contributed by atoms with Gasteiger partial charge in [0.1, 0.15) is 0 Å². The summed E-state index contributed by atoms with van der Waals surface area (Å²) in [6.45, 7) is 0.0823. The first-order valence-electron chi connectivity index (χ1n) is 3.98. The molecule has 0 unspecified atom stereocenters. The highest BCUT2D eigenvalue weighted by molar-refractivity contribution is 4.83. The third kappa shape index (κ3) is 3.13. The van der Waals surface area contributed by atoms with Gasteiger partial charge in [-0.15, -0.1) is 13.2 Å². The summed E-state index contributed by atoms with van der Waals surface area (Å²) < 4.78 is 39.1. The third-order valence-corrected chi connectivity index (χ3v) is 2.16. The van der Waals surface area contributed by atoms with Crippen LogP contribution in [0.25, 0.3) is 0 Å². The zero-order chi connectivity index (χ0) is 10.1. The van der Waals surface area contributed by atoms with Crippen LogP contribution in [-0.4, -0.2) is 48.7 Å². The number of rotatable bonds is 2. The molecule has 0 aromatic carbocycles. The number of ether oxygens (including phenoxy) is 1. The van der Waals surface area contributed by atoms with Gasteiger partial charge in [-0.1, -0.05) is 0 Å². The lowest BCUT2D eigenvalue weighted by molar-refractivity contribution is -0.340. The second-order valence-corrected chi connectivity index (χ2v) is 3.20. The Morgan fingerprint density at radius 3 is 2.54 bits per heavy atom. The minimum Gasteiger partial charge on any atom is -0.395 e. The highest BCUT2D eigenvalue weighted by Gasteiger charge is 2.38. The van der Waals surface area contributed by atoms with Gasteiger partial charge in [-0.05, 0) is 13.5 Å². The summed E-state index contributed by atoms with van der Waals surface area (Å²) in [6, 6.07) is -0.215. The number of aliphatic hydroxyl groups excluding tert-OH is 1. The fraction of sp³-hybridized carbons (Fsp3) is 1.00. The van der Waals surface area contributed by atoms with Gasteiger partial charge in [-0.25, -0.2) is 0 Å². The Hall–Kier alpha value is -0.330. The molecule has 1 aliphatic heterocycles. The van der Waals surface area contributed by atoms with Gasteiger partial charge in [-0.3, -0.25) is 9.64 Å². The van der Waals surface area contributed by atoms with Gasteiger partial charge in [0.05, 0.1) is 12.7 Å². The van der Waals surface area contributed by atoms with Crippen molar-refractivity contribution in [2.45, 2.75) is 24.9 Å². The summed E-state index contributed by atoms with van der Waals surface area (Å²) in [5.74, 6) is 0. The van der Waals surface area contributed by atoms with E-state index < -0.39 is 12.5 Å². The monoisotopic (exact) mass is 199 g/mol. The molecule has 1 aliphatic rings. The molecule has 0 aliphatic carbocycles. The van der Waals surface area contributed by atoms with E-state index in [1.807, 2.05) is 0 Å². The minimum absolute atomic E-state index is 0.131. The van der Waals surface area contributed by atoms with Crippen molar-refractivity contribution >= 4 is 0 Å². The van der Waals surface area contributed by atoms with Crippen LogP contribution in [0.2, 0.25) is 0 Å². The van der Waals surface area contributed by atoms with Gasteiger partial charge in [0.15, 0.2) is 0 Å². The van der Waals surface area contributed by atoms with Crippen LogP contribution in [0, 0.1) is 0 Å². The van der Waals surface area contributed by atoms with Crippen LogP contribution < -0.4 is 0 Å². The summed E-state index contributed by atoms with van der Waals surface area (Å²) in [6.07, 6.45) is -5.19. The van der Waals surface area contributed by atoms with E-state index in [0.717, 1.165) is 0 Å². The standard InChI is InChI=1S/C7H12F3NO2/c1-11-3-6(2-5(11)4-12)13-7(8,9)10/h5-6,12H,2-4H2,1H3/t5-,6+/m0/s1. The number of hydrogen-bond donors (Lipinski definition) is 1. The van der Waals surface area contributed by atoms with Crippen molar-refractivity contribution in [1.29, 1.82) is 0 Å². The van der Waals surface area contributed by atoms with E-state index in [9.17, 15) is 13.2 Å². The fourth-order valence-electron chi connectivity index (χ4n) is 1.52. The lowest BCUT2D eigenvalue weighted by Gasteiger charge is -2.15. The summed E-state index contributed by atoms with van der Waals surface area (Å²) in [7, 11) is 1.67. The quantitative estimate of drug-likeness (QED) is 0.706. The minimum atomic E-state index is -4.57. The predicted molar refractivity (Wildman–Crippen MR) is 39.0 cm³/mol.